The van der Waals surface area contributed by atoms with Crippen molar-refractivity contribution in [3.05, 3.63) is 69.8 Å². The van der Waals surface area contributed by atoms with Crippen molar-refractivity contribution in [3.63, 3.8) is 0 Å². The highest BCUT2D eigenvalue weighted by Gasteiger charge is 2.31. The second-order valence-electron chi connectivity index (χ2n) is 9.68. The lowest BCUT2D eigenvalue weighted by molar-refractivity contribution is 0.0425. The molecule has 4 rings (SSSR count). The van der Waals surface area contributed by atoms with Crippen LogP contribution in [0.4, 0.5) is 0 Å². The van der Waals surface area contributed by atoms with Gasteiger partial charge in [-0.1, -0.05) is 51.4 Å². The Balaban J connectivity index is 0.965. The van der Waals surface area contributed by atoms with Crippen LogP contribution in [0.3, 0.4) is 0 Å². The molecule has 0 aromatic heterocycles. The minimum Gasteiger partial charge on any atom is -0.462 e. The molecule has 0 bridgehead atoms. The first-order valence-corrected chi connectivity index (χ1v) is 13.5. The molecule has 2 aliphatic heterocycles. The van der Waals surface area contributed by atoms with Crippen molar-refractivity contribution in [2.45, 2.75) is 64.2 Å². The number of esters is 6. The monoisotopic (exact) mass is 550 g/mol. The molecule has 10 nitrogen and oxygen atoms in total. The van der Waals surface area contributed by atoms with Gasteiger partial charge in [0.1, 0.15) is 0 Å². The number of hydrogen-bond acceptors (Lipinski definition) is 10. The molecule has 0 fully saturated rings. The third-order valence-corrected chi connectivity index (χ3v) is 6.77. The van der Waals surface area contributed by atoms with Crippen molar-refractivity contribution >= 4 is 35.8 Å². The lowest BCUT2D eigenvalue weighted by atomic mass is 10.1. The number of unbranched alkanes of at least 4 members (excludes halogenated alkanes) is 9. The van der Waals surface area contributed by atoms with Gasteiger partial charge < -0.3 is 18.9 Å². The van der Waals surface area contributed by atoms with Gasteiger partial charge in [-0.25, -0.2) is 28.8 Å². The summed E-state index contributed by atoms with van der Waals surface area (Å²) in [6, 6.07) is 8.37. The SMILES string of the molecule is O=C(OCCCCCCCCCCCCOC(=O)c1ccc2c(c1)C(=O)OC2=O)c1ccc2c(c1)C(=O)OC2=O. The highest BCUT2D eigenvalue weighted by molar-refractivity contribution is 6.16. The van der Waals surface area contributed by atoms with Gasteiger partial charge in [-0.15, -0.1) is 0 Å². The molecular formula is C30H30O10. The fourth-order valence-corrected chi connectivity index (χ4v) is 4.54. The molecule has 10 heteroatoms. The fraction of sp³-hybridized carbons (Fsp3) is 0.400. The predicted octanol–water partition coefficient (Wildman–Crippen LogP) is 5.22. The summed E-state index contributed by atoms with van der Waals surface area (Å²) in [7, 11) is 0. The molecule has 210 valence electrons. The Hall–Kier alpha value is -4.34. The number of carbonyl (C=O) groups is 6. The van der Waals surface area contributed by atoms with Crippen LogP contribution in [0.25, 0.3) is 0 Å². The van der Waals surface area contributed by atoms with E-state index >= 15 is 0 Å². The Morgan fingerprint density at radius 1 is 0.475 bits per heavy atom. The summed E-state index contributed by atoms with van der Waals surface area (Å²) < 4.78 is 19.6. The molecule has 40 heavy (non-hydrogen) atoms. The second kappa shape index (κ2) is 13.6. The average Bonchev–Trinajstić information content (AvgIpc) is 3.40. The molecule has 2 aliphatic rings. The first kappa shape index (κ1) is 28.7. The number of ether oxygens (including phenoxy) is 4. The van der Waals surface area contributed by atoms with Gasteiger partial charge in [0.25, 0.3) is 0 Å². The lowest BCUT2D eigenvalue weighted by Gasteiger charge is -2.06. The zero-order chi connectivity index (χ0) is 28.5. The van der Waals surface area contributed by atoms with Crippen molar-refractivity contribution in [2.24, 2.45) is 0 Å². The third kappa shape index (κ3) is 7.19. The average molecular weight is 551 g/mol. The van der Waals surface area contributed by atoms with Crippen LogP contribution in [0.5, 0.6) is 0 Å². The highest BCUT2D eigenvalue weighted by atomic mass is 16.6. The highest BCUT2D eigenvalue weighted by Crippen LogP contribution is 2.23. The molecule has 0 amide bonds. The second-order valence-corrected chi connectivity index (χ2v) is 9.68. The zero-order valence-electron chi connectivity index (χ0n) is 22.0. The minimum atomic E-state index is -0.751. The summed E-state index contributed by atoms with van der Waals surface area (Å²) >= 11 is 0. The Morgan fingerprint density at radius 3 is 1.18 bits per heavy atom. The molecule has 0 atom stereocenters. The molecule has 2 aromatic carbocycles. The van der Waals surface area contributed by atoms with E-state index in [1.54, 1.807) is 0 Å². The molecule has 0 unspecified atom stereocenters. The number of cyclic esters (lactones) is 4. The maximum Gasteiger partial charge on any atom is 0.346 e. The van der Waals surface area contributed by atoms with E-state index in [-0.39, 0.29) is 33.4 Å². The van der Waals surface area contributed by atoms with Crippen LogP contribution in [-0.4, -0.2) is 49.0 Å². The molecule has 0 saturated heterocycles. The first-order valence-electron chi connectivity index (χ1n) is 13.5. The van der Waals surface area contributed by atoms with Crippen molar-refractivity contribution in [1.29, 1.82) is 0 Å². The molecule has 0 N–H and O–H groups in total. The predicted molar refractivity (Wildman–Crippen MR) is 139 cm³/mol. The van der Waals surface area contributed by atoms with Gasteiger partial charge in [0.2, 0.25) is 0 Å². The molecular weight excluding hydrogens is 520 g/mol. The zero-order valence-corrected chi connectivity index (χ0v) is 22.0. The maximum absolute atomic E-state index is 12.2. The molecule has 0 spiro atoms. The molecule has 2 aromatic rings. The largest absolute Gasteiger partial charge is 0.462 e. The van der Waals surface area contributed by atoms with Crippen molar-refractivity contribution in [2.75, 3.05) is 13.2 Å². The van der Waals surface area contributed by atoms with Gasteiger partial charge >= 0.3 is 35.8 Å². The summed E-state index contributed by atoms with van der Waals surface area (Å²) in [5.41, 5.74) is 0.927. The van der Waals surface area contributed by atoms with Gasteiger partial charge in [-0.2, -0.15) is 0 Å². The number of carbonyl (C=O) groups excluding carboxylic acids is 6. The topological polar surface area (TPSA) is 139 Å². The van der Waals surface area contributed by atoms with E-state index in [1.807, 2.05) is 0 Å². The summed E-state index contributed by atoms with van der Waals surface area (Å²) in [4.78, 5) is 70.5. The van der Waals surface area contributed by atoms with E-state index in [0.717, 1.165) is 64.2 Å². The first-order chi connectivity index (χ1) is 19.3. The van der Waals surface area contributed by atoms with Gasteiger partial charge in [0.15, 0.2) is 0 Å². The number of fused-ring (bicyclic) bond motifs is 2. The number of hydrogen-bond donors (Lipinski definition) is 0. The Morgan fingerprint density at radius 2 is 0.800 bits per heavy atom. The van der Waals surface area contributed by atoms with Gasteiger partial charge in [-0.3, -0.25) is 0 Å². The number of rotatable bonds is 15. The van der Waals surface area contributed by atoms with Crippen molar-refractivity contribution < 1.29 is 47.7 Å². The Labute approximate surface area is 230 Å². The summed E-state index contributed by atoms with van der Waals surface area (Å²) in [6.45, 7) is 0.588. The standard InChI is InChI=1S/C30H30O10/c31-25(19-11-13-21-23(17-19)29(35)39-27(21)33)37-15-9-7-5-3-1-2-4-6-8-10-16-38-26(32)20-12-14-22-24(18-20)30(36)40-28(22)34/h11-14,17-18H,1-10,15-16H2. The van der Waals surface area contributed by atoms with Crippen LogP contribution in [0.1, 0.15) is 126 Å². The maximum atomic E-state index is 12.2. The van der Waals surface area contributed by atoms with Crippen LogP contribution < -0.4 is 0 Å². The smallest absolute Gasteiger partial charge is 0.346 e. The summed E-state index contributed by atoms with van der Waals surface area (Å²) in [6.07, 6.45) is 9.97. The lowest BCUT2D eigenvalue weighted by Crippen LogP contribution is -2.08. The molecule has 0 radical (unpaired) electrons. The minimum absolute atomic E-state index is 0.0877. The normalized spacial score (nSPS) is 13.5. The Kier molecular flexibility index (Phi) is 9.77. The van der Waals surface area contributed by atoms with E-state index in [9.17, 15) is 28.8 Å². The fourth-order valence-electron chi connectivity index (χ4n) is 4.54. The van der Waals surface area contributed by atoms with E-state index in [1.165, 1.54) is 36.4 Å². The molecule has 0 saturated carbocycles. The quantitative estimate of drug-likeness (QED) is 0.125. The van der Waals surface area contributed by atoms with Crippen LogP contribution in [0.2, 0.25) is 0 Å². The van der Waals surface area contributed by atoms with Crippen molar-refractivity contribution in [3.8, 4) is 0 Å². The van der Waals surface area contributed by atoms with Gasteiger partial charge in [-0.05, 0) is 49.2 Å². The van der Waals surface area contributed by atoms with Crippen LogP contribution in [-0.2, 0) is 18.9 Å². The van der Waals surface area contributed by atoms with E-state index in [4.69, 9.17) is 9.47 Å². The van der Waals surface area contributed by atoms with E-state index in [2.05, 4.69) is 9.47 Å². The number of benzene rings is 2. The Bertz CT molecular complexity index is 1220. The molecule has 2 heterocycles. The van der Waals surface area contributed by atoms with Crippen molar-refractivity contribution in [1.82, 2.24) is 0 Å². The van der Waals surface area contributed by atoms with Crippen LogP contribution in [0, 0.1) is 0 Å². The summed E-state index contributed by atoms with van der Waals surface area (Å²) in [5, 5.41) is 0. The van der Waals surface area contributed by atoms with Crippen LogP contribution in [0.15, 0.2) is 36.4 Å². The van der Waals surface area contributed by atoms with E-state index < -0.39 is 35.8 Å². The van der Waals surface area contributed by atoms with Gasteiger partial charge in [0.05, 0.1) is 46.6 Å². The van der Waals surface area contributed by atoms with E-state index in [0.29, 0.717) is 13.2 Å². The van der Waals surface area contributed by atoms with Crippen LogP contribution >= 0.6 is 0 Å². The molecule has 0 aliphatic carbocycles. The van der Waals surface area contributed by atoms with Gasteiger partial charge in [0, 0.05) is 0 Å². The summed E-state index contributed by atoms with van der Waals surface area (Å²) in [5.74, 6) is -3.97. The third-order valence-electron chi connectivity index (χ3n) is 6.77.